The van der Waals surface area contributed by atoms with Crippen molar-refractivity contribution in [1.82, 2.24) is 4.90 Å². The van der Waals surface area contributed by atoms with Crippen LogP contribution < -0.4 is 13.6 Å². The first-order valence-electron chi connectivity index (χ1n) is 18.0. The fraction of sp³-hybridized carbons (Fsp3) is 0.452. The molecule has 5 rings (SSSR count). The van der Waals surface area contributed by atoms with E-state index in [0.29, 0.717) is 17.7 Å². The van der Waals surface area contributed by atoms with E-state index in [2.05, 4.69) is 109 Å². The average Bonchev–Trinajstić information content (AvgIpc) is 3.04. The van der Waals surface area contributed by atoms with Crippen LogP contribution in [0.4, 0.5) is 0 Å². The molecular formula is C42H57NO4Si2. The summed E-state index contributed by atoms with van der Waals surface area (Å²) in [6.07, 6.45) is 3.87. The Morgan fingerprint density at radius 3 is 1.82 bits per heavy atom. The molecule has 1 saturated heterocycles. The number of hydrogen-bond donors (Lipinski definition) is 0. The van der Waals surface area contributed by atoms with Gasteiger partial charge in [0.15, 0.2) is 5.78 Å². The second-order valence-corrected chi connectivity index (χ2v) is 26.2. The largest absolute Gasteiger partial charge is 0.544 e. The van der Waals surface area contributed by atoms with Gasteiger partial charge >= 0.3 is 0 Å². The minimum absolute atomic E-state index is 0.0138. The molecule has 0 atom stereocenters. The lowest BCUT2D eigenvalue weighted by atomic mass is 9.89. The molecule has 1 aliphatic heterocycles. The van der Waals surface area contributed by atoms with Gasteiger partial charge in [0.05, 0.1) is 0 Å². The van der Waals surface area contributed by atoms with Crippen LogP contribution in [0.15, 0.2) is 78.9 Å². The zero-order chi connectivity index (χ0) is 35.6. The molecule has 7 heteroatoms. The van der Waals surface area contributed by atoms with E-state index in [0.717, 1.165) is 58.8 Å². The number of likely N-dealkylation sites (tertiary alicyclic amines) is 1. The van der Waals surface area contributed by atoms with Gasteiger partial charge in [-0.1, -0.05) is 72.2 Å². The number of ketones is 1. The van der Waals surface area contributed by atoms with Crippen LogP contribution in [-0.2, 0) is 0 Å². The molecule has 1 fully saturated rings. The van der Waals surface area contributed by atoms with Crippen LogP contribution in [0.25, 0.3) is 21.9 Å². The van der Waals surface area contributed by atoms with Crippen LogP contribution in [0, 0.1) is 0 Å². The van der Waals surface area contributed by atoms with Crippen LogP contribution >= 0.6 is 0 Å². The summed E-state index contributed by atoms with van der Waals surface area (Å²) in [6.45, 7) is 26.4. The molecule has 4 aromatic rings. The van der Waals surface area contributed by atoms with Gasteiger partial charge in [-0.3, -0.25) is 9.69 Å². The maximum absolute atomic E-state index is 14.5. The number of rotatable bonds is 11. The number of hydrogen-bond acceptors (Lipinski definition) is 5. The molecule has 0 bridgehead atoms. The van der Waals surface area contributed by atoms with Crippen molar-refractivity contribution in [2.75, 3.05) is 26.2 Å². The Bertz CT molecular complexity index is 1740. The van der Waals surface area contributed by atoms with Gasteiger partial charge in [-0.05, 0) is 139 Å². The molecule has 0 N–H and O–H groups in total. The van der Waals surface area contributed by atoms with E-state index < -0.39 is 16.6 Å². The third-order valence-corrected chi connectivity index (χ3v) is 19.7. The van der Waals surface area contributed by atoms with Gasteiger partial charge in [0, 0.05) is 17.7 Å². The maximum atomic E-state index is 14.5. The number of carbonyl (C=O) groups is 1. The highest BCUT2D eigenvalue weighted by Crippen LogP contribution is 2.41. The molecule has 1 aliphatic rings. The van der Waals surface area contributed by atoms with Crippen molar-refractivity contribution in [3.05, 3.63) is 90.0 Å². The molecular weight excluding hydrogens is 639 g/mol. The summed E-state index contributed by atoms with van der Waals surface area (Å²) in [5.41, 5.74) is 3.20. The highest BCUT2D eigenvalue weighted by Gasteiger charge is 2.40. The van der Waals surface area contributed by atoms with E-state index in [1.54, 1.807) is 0 Å². The van der Waals surface area contributed by atoms with E-state index >= 15 is 0 Å². The molecule has 0 saturated carbocycles. The maximum Gasteiger partial charge on any atom is 0.250 e. The predicted octanol–water partition coefficient (Wildman–Crippen LogP) is 11.4. The summed E-state index contributed by atoms with van der Waals surface area (Å²) in [7, 11) is -4.02. The van der Waals surface area contributed by atoms with Gasteiger partial charge in [-0.2, -0.15) is 0 Å². The second kappa shape index (κ2) is 14.5. The van der Waals surface area contributed by atoms with E-state index in [1.807, 2.05) is 42.5 Å². The molecule has 0 amide bonds. The standard InChI is InChI=1S/C42H57NO4Si2/c1-41(2,3)48(7,8)46-35-21-14-31(15-22-35)37-24-18-33-30-36(47-49(9,10)42(4,5)6)23-25-38(33)39(37)40(44)32-16-19-34(20-17-32)45-29-28-43-26-12-11-13-27-43/h14-25,30H,11-13,26-29H2,1-10H3. The SMILES string of the molecule is CC(C)(C)[Si](C)(C)Oc1ccc(-c2ccc3cc(O[Si](C)(C)C(C)(C)C)ccc3c2C(=O)c2ccc(OCCN3CCCCC3)cc2)cc1. The van der Waals surface area contributed by atoms with Crippen molar-refractivity contribution < 1.29 is 18.4 Å². The van der Waals surface area contributed by atoms with Gasteiger partial charge in [-0.25, -0.2) is 0 Å². The zero-order valence-electron chi connectivity index (χ0n) is 31.5. The molecule has 1 heterocycles. The number of benzene rings is 4. The van der Waals surface area contributed by atoms with Crippen LogP contribution in [0.2, 0.25) is 36.3 Å². The lowest BCUT2D eigenvalue weighted by molar-refractivity contribution is 0.104. The molecule has 5 nitrogen and oxygen atoms in total. The Kier molecular flexibility index (Phi) is 10.9. The molecule has 262 valence electrons. The topological polar surface area (TPSA) is 48.0 Å². The van der Waals surface area contributed by atoms with E-state index in [1.165, 1.54) is 19.3 Å². The summed E-state index contributed by atoms with van der Waals surface area (Å²) < 4.78 is 19.3. The minimum Gasteiger partial charge on any atom is -0.544 e. The third kappa shape index (κ3) is 8.68. The number of nitrogens with zero attached hydrogens (tertiary/aromatic N) is 1. The summed E-state index contributed by atoms with van der Waals surface area (Å²) in [6, 6.07) is 26.2. The molecule has 4 aromatic carbocycles. The molecule has 0 aliphatic carbocycles. The predicted molar refractivity (Wildman–Crippen MR) is 211 cm³/mol. The summed E-state index contributed by atoms with van der Waals surface area (Å²) in [5.74, 6) is 2.49. The fourth-order valence-corrected chi connectivity index (χ4v) is 7.83. The van der Waals surface area contributed by atoms with Crippen LogP contribution in [-0.4, -0.2) is 53.6 Å². The first-order valence-corrected chi connectivity index (χ1v) is 23.8. The Labute approximate surface area is 297 Å². The van der Waals surface area contributed by atoms with Crippen molar-refractivity contribution in [1.29, 1.82) is 0 Å². The summed E-state index contributed by atoms with van der Waals surface area (Å²) in [5, 5.41) is 2.08. The lowest BCUT2D eigenvalue weighted by Gasteiger charge is -2.36. The van der Waals surface area contributed by atoms with Gasteiger partial charge in [0.25, 0.3) is 0 Å². The van der Waals surface area contributed by atoms with Crippen LogP contribution in [0.5, 0.6) is 17.2 Å². The fourth-order valence-electron chi connectivity index (χ4n) is 5.78. The zero-order valence-corrected chi connectivity index (χ0v) is 33.5. The van der Waals surface area contributed by atoms with E-state index in [-0.39, 0.29) is 15.9 Å². The first kappa shape index (κ1) is 36.9. The Morgan fingerprint density at radius 1 is 0.673 bits per heavy atom. The van der Waals surface area contributed by atoms with E-state index in [4.69, 9.17) is 13.6 Å². The summed E-state index contributed by atoms with van der Waals surface area (Å²) in [4.78, 5) is 17.0. The van der Waals surface area contributed by atoms with E-state index in [9.17, 15) is 4.79 Å². The molecule has 0 radical (unpaired) electrons. The van der Waals surface area contributed by atoms with Gasteiger partial charge in [0.2, 0.25) is 16.6 Å². The molecule has 0 unspecified atom stereocenters. The number of carbonyl (C=O) groups excluding carboxylic acids is 1. The molecule has 0 spiro atoms. The Morgan fingerprint density at radius 2 is 1.22 bits per heavy atom. The Hall–Kier alpha value is -3.40. The van der Waals surface area contributed by atoms with Crippen LogP contribution in [0.1, 0.15) is 76.7 Å². The monoisotopic (exact) mass is 695 g/mol. The van der Waals surface area contributed by atoms with Crippen molar-refractivity contribution >= 4 is 33.2 Å². The second-order valence-electron chi connectivity index (χ2n) is 16.7. The quantitative estimate of drug-likeness (QED) is 0.115. The highest BCUT2D eigenvalue weighted by atomic mass is 28.4. The van der Waals surface area contributed by atoms with Crippen LogP contribution in [0.3, 0.4) is 0 Å². The average molecular weight is 696 g/mol. The first-order chi connectivity index (χ1) is 22.9. The third-order valence-electron chi connectivity index (χ3n) is 11.0. The van der Waals surface area contributed by atoms with Gasteiger partial charge in [0.1, 0.15) is 23.9 Å². The van der Waals surface area contributed by atoms with Gasteiger partial charge < -0.3 is 13.6 Å². The lowest BCUT2D eigenvalue weighted by Crippen LogP contribution is -2.43. The number of ether oxygens (including phenoxy) is 1. The molecule has 0 aromatic heterocycles. The summed E-state index contributed by atoms with van der Waals surface area (Å²) >= 11 is 0. The van der Waals surface area contributed by atoms with Crippen molar-refractivity contribution in [3.8, 4) is 28.4 Å². The van der Waals surface area contributed by atoms with Crippen molar-refractivity contribution in [2.45, 2.75) is 97.1 Å². The van der Waals surface area contributed by atoms with Crippen molar-refractivity contribution in [2.24, 2.45) is 0 Å². The highest BCUT2D eigenvalue weighted by molar-refractivity contribution is 6.75. The minimum atomic E-state index is -2.04. The smallest absolute Gasteiger partial charge is 0.250 e. The Balaban J connectivity index is 1.47. The number of fused-ring (bicyclic) bond motifs is 1. The molecule has 49 heavy (non-hydrogen) atoms. The normalized spacial score (nSPS) is 14.9. The van der Waals surface area contributed by atoms with Gasteiger partial charge in [-0.15, -0.1) is 0 Å². The van der Waals surface area contributed by atoms with Crippen molar-refractivity contribution in [3.63, 3.8) is 0 Å². The number of piperidine rings is 1.